The highest BCUT2D eigenvalue weighted by atomic mass is 35.5. The van der Waals surface area contributed by atoms with Gasteiger partial charge in [-0.3, -0.25) is 14.9 Å². The van der Waals surface area contributed by atoms with Crippen molar-refractivity contribution < 1.29 is 22.7 Å². The minimum atomic E-state index is -4.59. The Bertz CT molecular complexity index is 1500. The molecule has 0 saturated carbocycles. The summed E-state index contributed by atoms with van der Waals surface area (Å²) >= 11 is 31.1. The summed E-state index contributed by atoms with van der Waals surface area (Å²) < 4.78 is 33.8. The van der Waals surface area contributed by atoms with Gasteiger partial charge in [0.15, 0.2) is 20.9 Å². The number of esters is 1. The van der Waals surface area contributed by atoms with Crippen LogP contribution in [0.15, 0.2) is 60.7 Å². The number of hydrogen-bond donors (Lipinski definition) is 1. The molecule has 12 heteroatoms. The Morgan fingerprint density at radius 1 is 0.763 bits per heavy atom. The number of carbonyl (C=O) groups excluding carboxylic acids is 2. The van der Waals surface area contributed by atoms with Gasteiger partial charge in [-0.25, -0.2) is 8.42 Å². The van der Waals surface area contributed by atoms with Crippen LogP contribution in [0.3, 0.4) is 0 Å². The molecule has 4 atom stereocenters. The molecule has 1 heterocycles. The van der Waals surface area contributed by atoms with Crippen LogP contribution in [0.2, 0.25) is 25.1 Å². The Hall–Kier alpha value is -1.84. The fourth-order valence-electron chi connectivity index (χ4n) is 4.49. The monoisotopic (exact) mass is 633 g/mol. The van der Waals surface area contributed by atoms with E-state index in [0.717, 1.165) is 0 Å². The van der Waals surface area contributed by atoms with Crippen molar-refractivity contribution in [3.05, 3.63) is 102 Å². The third-order valence-electron chi connectivity index (χ3n) is 6.17. The molecule has 4 unspecified atom stereocenters. The van der Waals surface area contributed by atoms with E-state index in [0.29, 0.717) is 20.6 Å². The van der Waals surface area contributed by atoms with Crippen molar-refractivity contribution >= 4 is 79.6 Å². The SMILES string of the molecule is CCOC(=O)C1C(c2ccc(Cl)cc2Cl)NC(c2ccc(Cl)cc2Cl)C(C(=O)c2ccc(Cl)cc2)S1(=O)=O. The Morgan fingerprint density at radius 2 is 1.24 bits per heavy atom. The van der Waals surface area contributed by atoms with Gasteiger partial charge in [0.1, 0.15) is 5.25 Å². The Kier molecular flexibility index (Phi) is 8.99. The first-order valence-electron chi connectivity index (χ1n) is 11.3. The van der Waals surface area contributed by atoms with Crippen LogP contribution >= 0.6 is 58.0 Å². The molecule has 200 valence electrons. The lowest BCUT2D eigenvalue weighted by atomic mass is 9.93. The lowest BCUT2D eigenvalue weighted by molar-refractivity contribution is -0.143. The van der Waals surface area contributed by atoms with E-state index in [1.165, 1.54) is 60.7 Å². The average molecular weight is 636 g/mol. The first kappa shape index (κ1) is 29.2. The quantitative estimate of drug-likeness (QED) is 0.233. The zero-order chi connectivity index (χ0) is 27.8. The summed E-state index contributed by atoms with van der Waals surface area (Å²) in [6.07, 6.45) is 0. The van der Waals surface area contributed by atoms with Gasteiger partial charge in [-0.05, 0) is 66.6 Å². The van der Waals surface area contributed by atoms with E-state index in [-0.39, 0.29) is 27.8 Å². The number of benzene rings is 3. The van der Waals surface area contributed by atoms with Gasteiger partial charge in [0.2, 0.25) is 0 Å². The molecular formula is C26H20Cl5NO5S. The molecule has 0 aromatic heterocycles. The molecule has 4 rings (SSSR count). The van der Waals surface area contributed by atoms with E-state index in [1.54, 1.807) is 6.92 Å². The Morgan fingerprint density at radius 3 is 1.71 bits per heavy atom. The number of sulfone groups is 1. The van der Waals surface area contributed by atoms with Gasteiger partial charge in [-0.1, -0.05) is 70.1 Å². The average Bonchev–Trinajstić information content (AvgIpc) is 2.83. The highest BCUT2D eigenvalue weighted by Crippen LogP contribution is 2.43. The van der Waals surface area contributed by atoms with E-state index in [9.17, 15) is 18.0 Å². The lowest BCUT2D eigenvalue weighted by Gasteiger charge is -2.41. The second-order valence-electron chi connectivity index (χ2n) is 8.51. The molecule has 3 aromatic carbocycles. The minimum Gasteiger partial charge on any atom is -0.465 e. The molecular weight excluding hydrogens is 616 g/mol. The number of halogens is 5. The first-order chi connectivity index (χ1) is 17.9. The Labute approximate surface area is 245 Å². The highest BCUT2D eigenvalue weighted by Gasteiger charge is 2.56. The van der Waals surface area contributed by atoms with Crippen molar-refractivity contribution in [2.45, 2.75) is 29.5 Å². The van der Waals surface area contributed by atoms with Crippen LogP contribution in [0.25, 0.3) is 0 Å². The van der Waals surface area contributed by atoms with E-state index >= 15 is 0 Å². The molecule has 1 aliphatic heterocycles. The van der Waals surface area contributed by atoms with Gasteiger partial charge in [0, 0.05) is 30.7 Å². The maximum atomic E-state index is 14.3. The van der Waals surface area contributed by atoms with Crippen LogP contribution < -0.4 is 5.32 Å². The van der Waals surface area contributed by atoms with Gasteiger partial charge in [-0.15, -0.1) is 0 Å². The summed E-state index contributed by atoms with van der Waals surface area (Å²) in [5.74, 6) is -1.77. The third kappa shape index (κ3) is 5.70. The van der Waals surface area contributed by atoms with Crippen molar-refractivity contribution in [3.8, 4) is 0 Å². The second-order valence-corrected chi connectivity index (χ2v) is 12.8. The number of ether oxygens (including phenoxy) is 1. The van der Waals surface area contributed by atoms with Crippen LogP contribution in [0.4, 0.5) is 0 Å². The Balaban J connectivity index is 1.96. The smallest absolute Gasteiger partial charge is 0.326 e. The lowest BCUT2D eigenvalue weighted by Crippen LogP contribution is -2.59. The van der Waals surface area contributed by atoms with Crippen molar-refractivity contribution in [1.29, 1.82) is 0 Å². The number of carbonyl (C=O) groups is 2. The van der Waals surface area contributed by atoms with E-state index in [2.05, 4.69) is 5.32 Å². The van der Waals surface area contributed by atoms with Gasteiger partial charge < -0.3 is 4.74 Å². The van der Waals surface area contributed by atoms with Crippen LogP contribution in [0.5, 0.6) is 0 Å². The summed E-state index contributed by atoms with van der Waals surface area (Å²) in [6.45, 7) is 1.48. The summed E-state index contributed by atoms with van der Waals surface area (Å²) in [7, 11) is -4.59. The minimum absolute atomic E-state index is 0.0752. The van der Waals surface area contributed by atoms with Crippen molar-refractivity contribution in [2.24, 2.45) is 0 Å². The van der Waals surface area contributed by atoms with E-state index in [1.807, 2.05) is 0 Å². The molecule has 38 heavy (non-hydrogen) atoms. The molecule has 1 saturated heterocycles. The molecule has 0 aliphatic carbocycles. The normalized spacial score (nSPS) is 22.6. The fraction of sp³-hybridized carbons (Fsp3) is 0.231. The van der Waals surface area contributed by atoms with Crippen LogP contribution in [0.1, 0.15) is 40.5 Å². The largest absolute Gasteiger partial charge is 0.465 e. The van der Waals surface area contributed by atoms with Crippen molar-refractivity contribution in [3.63, 3.8) is 0 Å². The van der Waals surface area contributed by atoms with E-state index in [4.69, 9.17) is 62.7 Å². The molecule has 0 radical (unpaired) electrons. The number of rotatable bonds is 6. The second kappa shape index (κ2) is 11.7. The topological polar surface area (TPSA) is 89.5 Å². The summed E-state index contributed by atoms with van der Waals surface area (Å²) in [5.41, 5.74) is 0.667. The van der Waals surface area contributed by atoms with Gasteiger partial charge in [-0.2, -0.15) is 0 Å². The van der Waals surface area contributed by atoms with Crippen LogP contribution in [-0.2, 0) is 19.4 Å². The zero-order valence-corrected chi connectivity index (χ0v) is 24.2. The molecule has 1 fully saturated rings. The number of hydrogen-bond acceptors (Lipinski definition) is 6. The molecule has 1 N–H and O–H groups in total. The predicted molar refractivity (Wildman–Crippen MR) is 150 cm³/mol. The van der Waals surface area contributed by atoms with Gasteiger partial charge in [0.25, 0.3) is 0 Å². The molecule has 0 amide bonds. The van der Waals surface area contributed by atoms with E-state index < -0.39 is 44.2 Å². The third-order valence-corrected chi connectivity index (χ3v) is 9.92. The standard InChI is InChI=1S/C26H20Cl5NO5S/c1-2-37-26(34)25-22(18-10-8-16(29)12-20(18)31)32-21(17-9-7-15(28)11-19(17)30)24(38(25,35)36)23(33)13-3-5-14(27)6-4-13/h3-12,21-22,24-25,32H,2H2,1H3. The molecule has 0 bridgehead atoms. The van der Waals surface area contributed by atoms with Crippen molar-refractivity contribution in [2.75, 3.05) is 6.61 Å². The zero-order valence-electron chi connectivity index (χ0n) is 19.6. The van der Waals surface area contributed by atoms with Crippen LogP contribution in [0, 0.1) is 0 Å². The van der Waals surface area contributed by atoms with Crippen molar-refractivity contribution in [1.82, 2.24) is 5.32 Å². The summed E-state index contributed by atoms with van der Waals surface area (Å²) in [6, 6.07) is 12.4. The molecule has 3 aromatic rings. The number of Topliss-reactive ketones (excluding diaryl/α,β-unsaturated/α-hetero) is 1. The molecule has 1 aliphatic rings. The maximum Gasteiger partial charge on any atom is 0.326 e. The number of nitrogens with one attached hydrogen (secondary N) is 1. The molecule has 6 nitrogen and oxygen atoms in total. The number of ketones is 1. The highest BCUT2D eigenvalue weighted by molar-refractivity contribution is 7.94. The van der Waals surface area contributed by atoms with Crippen LogP contribution in [-0.4, -0.2) is 37.3 Å². The predicted octanol–water partition coefficient (Wildman–Crippen LogP) is 6.94. The van der Waals surface area contributed by atoms with Gasteiger partial charge in [0.05, 0.1) is 18.7 Å². The van der Waals surface area contributed by atoms with Gasteiger partial charge >= 0.3 is 5.97 Å². The summed E-state index contributed by atoms with van der Waals surface area (Å²) in [5, 5.41) is 0.894. The molecule has 0 spiro atoms. The first-order valence-corrected chi connectivity index (χ1v) is 14.8. The maximum absolute atomic E-state index is 14.3. The summed E-state index contributed by atoms with van der Waals surface area (Å²) in [4.78, 5) is 27.0. The fourth-order valence-corrected chi connectivity index (χ4v) is 7.97.